The number of hydrogen-bond donors (Lipinski definition) is 2. The van der Waals surface area contributed by atoms with E-state index in [4.69, 9.17) is 4.74 Å². The molecule has 2 unspecified atom stereocenters. The maximum atomic E-state index is 12.5. The van der Waals surface area contributed by atoms with Gasteiger partial charge in [0.2, 0.25) is 5.91 Å². The number of amides is 1. The van der Waals surface area contributed by atoms with E-state index in [9.17, 15) is 4.79 Å². The molecular formula is C15H24N4O2. The number of aromatic nitrogens is 1. The van der Waals surface area contributed by atoms with Crippen LogP contribution in [0.1, 0.15) is 13.3 Å². The van der Waals surface area contributed by atoms with Crippen LogP contribution in [0, 0.1) is 5.92 Å². The van der Waals surface area contributed by atoms with Crippen LogP contribution in [0.3, 0.4) is 0 Å². The molecule has 0 spiro atoms. The molecule has 0 aliphatic carbocycles. The highest BCUT2D eigenvalue weighted by Gasteiger charge is 2.33. The van der Waals surface area contributed by atoms with Crippen molar-refractivity contribution < 1.29 is 9.53 Å². The zero-order valence-electron chi connectivity index (χ0n) is 12.9. The maximum absolute atomic E-state index is 12.5. The average molecular weight is 292 g/mol. The molecule has 21 heavy (non-hydrogen) atoms. The summed E-state index contributed by atoms with van der Waals surface area (Å²) < 4.78 is 5.45. The molecule has 1 aliphatic rings. The lowest BCUT2D eigenvalue weighted by molar-refractivity contribution is -0.120. The second-order valence-electron chi connectivity index (χ2n) is 5.46. The van der Waals surface area contributed by atoms with Gasteiger partial charge in [0.05, 0.1) is 24.8 Å². The van der Waals surface area contributed by atoms with E-state index in [-0.39, 0.29) is 17.9 Å². The lowest BCUT2D eigenvalue weighted by Gasteiger charge is -2.20. The van der Waals surface area contributed by atoms with E-state index in [0.29, 0.717) is 13.2 Å². The Morgan fingerprint density at radius 3 is 3.00 bits per heavy atom. The molecule has 0 saturated carbocycles. The Hall–Kier alpha value is -1.66. The van der Waals surface area contributed by atoms with Gasteiger partial charge in [0.15, 0.2) is 5.82 Å². The molecule has 0 bridgehead atoms. The lowest BCUT2D eigenvalue weighted by Crippen LogP contribution is -2.41. The van der Waals surface area contributed by atoms with Crippen LogP contribution >= 0.6 is 0 Å². The van der Waals surface area contributed by atoms with Gasteiger partial charge >= 0.3 is 0 Å². The second kappa shape index (κ2) is 7.38. The van der Waals surface area contributed by atoms with Gasteiger partial charge in [-0.1, -0.05) is 6.92 Å². The van der Waals surface area contributed by atoms with Gasteiger partial charge in [-0.15, -0.1) is 0 Å². The van der Waals surface area contributed by atoms with Gasteiger partial charge in [0, 0.05) is 26.3 Å². The molecule has 2 heterocycles. The predicted octanol–water partition coefficient (Wildman–Crippen LogP) is 1.10. The molecule has 6 heteroatoms. The highest BCUT2D eigenvalue weighted by Crippen LogP contribution is 2.23. The summed E-state index contributed by atoms with van der Waals surface area (Å²) in [7, 11) is 3.81. The Bertz CT molecular complexity index is 478. The molecule has 6 nitrogen and oxygen atoms in total. The predicted molar refractivity (Wildman–Crippen MR) is 83.6 cm³/mol. The molecule has 1 aromatic rings. The molecule has 1 saturated heterocycles. The summed E-state index contributed by atoms with van der Waals surface area (Å²) in [6.07, 6.45) is 2.76. The van der Waals surface area contributed by atoms with Crippen LogP contribution in [0.4, 0.5) is 11.5 Å². The van der Waals surface area contributed by atoms with Crippen molar-refractivity contribution in [2.24, 2.45) is 5.92 Å². The van der Waals surface area contributed by atoms with E-state index >= 15 is 0 Å². The first-order valence-electron chi connectivity index (χ1n) is 7.37. The molecule has 2 N–H and O–H groups in total. The van der Waals surface area contributed by atoms with Crippen LogP contribution in [0.2, 0.25) is 0 Å². The Morgan fingerprint density at radius 2 is 2.29 bits per heavy atom. The minimum atomic E-state index is -0.160. The van der Waals surface area contributed by atoms with Crippen molar-refractivity contribution in [3.63, 3.8) is 0 Å². The number of anilines is 2. The fourth-order valence-corrected chi connectivity index (χ4v) is 2.42. The third kappa shape index (κ3) is 3.92. The van der Waals surface area contributed by atoms with E-state index in [1.807, 2.05) is 31.1 Å². The number of pyridine rings is 1. The Kier molecular flexibility index (Phi) is 5.52. The largest absolute Gasteiger partial charge is 0.379 e. The first-order chi connectivity index (χ1) is 10.1. The van der Waals surface area contributed by atoms with E-state index in [2.05, 4.69) is 22.5 Å². The zero-order valence-corrected chi connectivity index (χ0v) is 12.9. The molecule has 116 valence electrons. The monoisotopic (exact) mass is 292 g/mol. The van der Waals surface area contributed by atoms with Gasteiger partial charge in [0.1, 0.15) is 0 Å². The Balaban J connectivity index is 2.04. The minimum Gasteiger partial charge on any atom is -0.379 e. The van der Waals surface area contributed by atoms with Gasteiger partial charge in [-0.05, 0) is 25.1 Å². The zero-order chi connectivity index (χ0) is 15.2. The van der Waals surface area contributed by atoms with Gasteiger partial charge < -0.3 is 20.3 Å². The van der Waals surface area contributed by atoms with Crippen LogP contribution in [0.25, 0.3) is 0 Å². The SMILES string of the molecule is CCCNC1COCC1C(=O)Nc1cccnc1N(C)C. The maximum Gasteiger partial charge on any atom is 0.231 e. The summed E-state index contributed by atoms with van der Waals surface area (Å²) in [6, 6.07) is 3.77. The molecule has 2 atom stereocenters. The van der Waals surface area contributed by atoms with Crippen LogP contribution in [-0.4, -0.2) is 50.8 Å². The first-order valence-corrected chi connectivity index (χ1v) is 7.37. The van der Waals surface area contributed by atoms with Crippen molar-refractivity contribution in [3.8, 4) is 0 Å². The molecule has 0 aromatic carbocycles. The average Bonchev–Trinajstić information content (AvgIpc) is 2.94. The molecule has 2 rings (SSSR count). The number of ether oxygens (including phenoxy) is 1. The van der Waals surface area contributed by atoms with Crippen molar-refractivity contribution in [2.45, 2.75) is 19.4 Å². The number of carbonyl (C=O) groups is 1. The summed E-state index contributed by atoms with van der Waals surface area (Å²) in [5.41, 5.74) is 0.730. The van der Waals surface area contributed by atoms with Crippen LogP contribution < -0.4 is 15.5 Å². The molecule has 1 aromatic heterocycles. The van der Waals surface area contributed by atoms with Crippen molar-refractivity contribution in [1.29, 1.82) is 0 Å². The molecule has 1 fully saturated rings. The first kappa shape index (κ1) is 15.7. The van der Waals surface area contributed by atoms with Crippen molar-refractivity contribution in [3.05, 3.63) is 18.3 Å². The highest BCUT2D eigenvalue weighted by atomic mass is 16.5. The number of nitrogens with zero attached hydrogens (tertiary/aromatic N) is 2. The summed E-state index contributed by atoms with van der Waals surface area (Å²) in [4.78, 5) is 18.7. The second-order valence-corrected chi connectivity index (χ2v) is 5.46. The summed E-state index contributed by atoms with van der Waals surface area (Å²) in [5, 5.41) is 6.35. The van der Waals surface area contributed by atoms with Crippen LogP contribution in [-0.2, 0) is 9.53 Å². The van der Waals surface area contributed by atoms with Crippen LogP contribution in [0.15, 0.2) is 18.3 Å². The smallest absolute Gasteiger partial charge is 0.231 e. The minimum absolute atomic E-state index is 0.0165. The Labute approximate surface area is 125 Å². The molecule has 1 aliphatic heterocycles. The number of hydrogen-bond acceptors (Lipinski definition) is 5. The molecular weight excluding hydrogens is 268 g/mol. The number of carbonyl (C=O) groups excluding carboxylic acids is 1. The normalized spacial score (nSPS) is 21.3. The van der Waals surface area contributed by atoms with E-state index in [0.717, 1.165) is 24.5 Å². The fraction of sp³-hybridized carbons (Fsp3) is 0.600. The molecule has 0 radical (unpaired) electrons. The van der Waals surface area contributed by atoms with Crippen molar-refractivity contribution >= 4 is 17.4 Å². The fourth-order valence-electron chi connectivity index (χ4n) is 2.42. The number of nitrogens with one attached hydrogen (secondary N) is 2. The van der Waals surface area contributed by atoms with E-state index in [1.54, 1.807) is 6.20 Å². The van der Waals surface area contributed by atoms with Crippen LogP contribution in [0.5, 0.6) is 0 Å². The lowest BCUT2D eigenvalue weighted by atomic mass is 10.0. The van der Waals surface area contributed by atoms with Crippen molar-refractivity contribution in [2.75, 3.05) is 44.1 Å². The van der Waals surface area contributed by atoms with Gasteiger partial charge in [-0.3, -0.25) is 4.79 Å². The summed E-state index contributed by atoms with van der Waals surface area (Å²) in [5.74, 6) is 0.576. The quantitative estimate of drug-likeness (QED) is 0.822. The topological polar surface area (TPSA) is 66.5 Å². The van der Waals surface area contributed by atoms with Crippen molar-refractivity contribution in [1.82, 2.24) is 10.3 Å². The third-order valence-electron chi connectivity index (χ3n) is 3.54. The van der Waals surface area contributed by atoms with Gasteiger partial charge in [0.25, 0.3) is 0 Å². The Morgan fingerprint density at radius 1 is 1.48 bits per heavy atom. The van der Waals surface area contributed by atoms with Gasteiger partial charge in [-0.25, -0.2) is 4.98 Å². The van der Waals surface area contributed by atoms with Gasteiger partial charge in [-0.2, -0.15) is 0 Å². The highest BCUT2D eigenvalue weighted by molar-refractivity contribution is 5.95. The summed E-state index contributed by atoms with van der Waals surface area (Å²) in [6.45, 7) is 4.06. The van der Waals surface area contributed by atoms with E-state index < -0.39 is 0 Å². The summed E-state index contributed by atoms with van der Waals surface area (Å²) >= 11 is 0. The number of rotatable bonds is 6. The van der Waals surface area contributed by atoms with E-state index in [1.165, 1.54) is 0 Å². The third-order valence-corrected chi connectivity index (χ3v) is 3.54. The standard InChI is InChI=1S/C15H24N4O2/c1-4-7-16-13-10-21-9-11(13)15(20)18-12-6-5-8-17-14(12)19(2)3/h5-6,8,11,13,16H,4,7,9-10H2,1-3H3,(H,18,20). The molecule has 1 amide bonds.